The van der Waals surface area contributed by atoms with Crippen LogP contribution in [0.4, 0.5) is 5.95 Å². The van der Waals surface area contributed by atoms with E-state index in [0.29, 0.717) is 0 Å². The van der Waals surface area contributed by atoms with Gasteiger partial charge in [0.05, 0.1) is 11.4 Å². The highest BCUT2D eigenvalue weighted by Crippen LogP contribution is 2.31. The first-order valence-electron chi connectivity index (χ1n) is 11.6. The van der Waals surface area contributed by atoms with Crippen LogP contribution < -0.4 is 10.5 Å². The van der Waals surface area contributed by atoms with Crippen molar-refractivity contribution < 1.29 is 4.79 Å². The van der Waals surface area contributed by atoms with Gasteiger partial charge in [0.1, 0.15) is 6.54 Å². The maximum Gasteiger partial charge on any atom is 0.267 e. The molecule has 0 spiro atoms. The second kappa shape index (κ2) is 8.40. The van der Waals surface area contributed by atoms with Crippen molar-refractivity contribution in [2.45, 2.75) is 70.9 Å². The van der Waals surface area contributed by atoms with Crippen molar-refractivity contribution in [3.05, 3.63) is 33.9 Å². The molecule has 2 aromatic heterocycles. The number of likely N-dealkylation sites (tertiary alicyclic amines) is 1. The molecule has 1 atom stereocenters. The lowest BCUT2D eigenvalue weighted by Gasteiger charge is -2.33. The van der Waals surface area contributed by atoms with Gasteiger partial charge in [0.25, 0.3) is 5.56 Å². The first-order valence-corrected chi connectivity index (χ1v) is 11.6. The van der Waals surface area contributed by atoms with Crippen molar-refractivity contribution in [1.29, 1.82) is 0 Å². The van der Waals surface area contributed by atoms with Gasteiger partial charge >= 0.3 is 0 Å². The van der Waals surface area contributed by atoms with E-state index in [1.54, 1.807) is 6.07 Å². The van der Waals surface area contributed by atoms with Crippen LogP contribution in [0, 0.1) is 0 Å². The summed E-state index contributed by atoms with van der Waals surface area (Å²) >= 11 is 0. The minimum absolute atomic E-state index is 0.0154. The Morgan fingerprint density at radius 3 is 2.71 bits per heavy atom. The third-order valence-corrected chi connectivity index (χ3v) is 6.87. The molecule has 8 nitrogen and oxygen atoms in total. The fourth-order valence-corrected chi connectivity index (χ4v) is 5.04. The Balaban J connectivity index is 1.42. The first-order chi connectivity index (χ1) is 15.1. The number of hydrogen-bond acceptors (Lipinski definition) is 6. The summed E-state index contributed by atoms with van der Waals surface area (Å²) in [7, 11) is 0. The minimum atomic E-state index is -0.217. The molecule has 31 heavy (non-hydrogen) atoms. The van der Waals surface area contributed by atoms with E-state index in [0.717, 1.165) is 80.2 Å². The largest absolute Gasteiger partial charge is 0.341 e. The van der Waals surface area contributed by atoms with E-state index in [-0.39, 0.29) is 24.1 Å². The highest BCUT2D eigenvalue weighted by atomic mass is 16.2. The van der Waals surface area contributed by atoms with Gasteiger partial charge in [0.15, 0.2) is 0 Å². The molecule has 2 saturated heterocycles. The van der Waals surface area contributed by atoms with Gasteiger partial charge in [-0.05, 0) is 63.9 Å². The Morgan fingerprint density at radius 2 is 1.90 bits per heavy atom. The van der Waals surface area contributed by atoms with Crippen molar-refractivity contribution in [3.8, 4) is 11.3 Å². The number of anilines is 1. The number of amides is 1. The predicted molar refractivity (Wildman–Crippen MR) is 118 cm³/mol. The van der Waals surface area contributed by atoms with Crippen molar-refractivity contribution in [3.63, 3.8) is 0 Å². The van der Waals surface area contributed by atoms with Gasteiger partial charge < -0.3 is 9.80 Å². The van der Waals surface area contributed by atoms with Crippen molar-refractivity contribution in [1.82, 2.24) is 24.6 Å². The molecule has 2 aliphatic heterocycles. The maximum atomic E-state index is 12.9. The van der Waals surface area contributed by atoms with E-state index in [2.05, 4.69) is 21.9 Å². The second-order valence-electron chi connectivity index (χ2n) is 9.02. The average Bonchev–Trinajstić information content (AvgIpc) is 2.80. The molecular formula is C23H30N6O2. The number of hydrogen-bond donors (Lipinski definition) is 0. The van der Waals surface area contributed by atoms with Crippen LogP contribution in [0.2, 0.25) is 0 Å². The summed E-state index contributed by atoms with van der Waals surface area (Å²) < 4.78 is 1.32. The zero-order valence-electron chi connectivity index (χ0n) is 18.2. The zero-order valence-corrected chi connectivity index (χ0v) is 18.2. The molecular weight excluding hydrogens is 392 g/mol. The lowest BCUT2D eigenvalue weighted by atomic mass is 9.94. The summed E-state index contributed by atoms with van der Waals surface area (Å²) in [5.41, 5.74) is 3.31. The number of aryl methyl sites for hydroxylation is 2. The van der Waals surface area contributed by atoms with E-state index in [1.807, 2.05) is 11.1 Å². The van der Waals surface area contributed by atoms with Gasteiger partial charge in [-0.15, -0.1) is 0 Å². The summed E-state index contributed by atoms with van der Waals surface area (Å²) in [6, 6.07) is 1.86. The first kappa shape index (κ1) is 20.2. The molecule has 4 heterocycles. The van der Waals surface area contributed by atoms with Crippen molar-refractivity contribution in [2.75, 3.05) is 24.5 Å². The van der Waals surface area contributed by atoms with Crippen LogP contribution in [0.1, 0.15) is 56.7 Å². The fourth-order valence-electron chi connectivity index (χ4n) is 5.04. The average molecular weight is 423 g/mol. The molecule has 0 bridgehead atoms. The van der Waals surface area contributed by atoms with Gasteiger partial charge in [-0.1, -0.05) is 0 Å². The number of carbonyl (C=O) groups is 1. The Kier molecular flexibility index (Phi) is 5.46. The van der Waals surface area contributed by atoms with Gasteiger partial charge in [-0.25, -0.2) is 14.6 Å². The topological polar surface area (TPSA) is 84.2 Å². The SMILES string of the molecule is CC1CCCCN1C(=O)Cn1nc2c(cc1=O)CCc1nc(N3CCCCC3)ncc1-2. The monoisotopic (exact) mass is 422 g/mol. The van der Waals surface area contributed by atoms with Crippen molar-refractivity contribution in [2.24, 2.45) is 0 Å². The van der Waals surface area contributed by atoms with E-state index in [9.17, 15) is 9.59 Å². The molecule has 2 fully saturated rings. The van der Waals surface area contributed by atoms with E-state index < -0.39 is 0 Å². The smallest absolute Gasteiger partial charge is 0.267 e. The molecule has 0 aromatic carbocycles. The summed E-state index contributed by atoms with van der Waals surface area (Å²) in [6.07, 6.45) is 10.2. The number of piperidine rings is 2. The lowest BCUT2D eigenvalue weighted by molar-refractivity contribution is -0.135. The quantitative estimate of drug-likeness (QED) is 0.754. The zero-order chi connectivity index (χ0) is 21.4. The number of rotatable bonds is 3. The van der Waals surface area contributed by atoms with Crippen LogP contribution in [-0.2, 0) is 24.2 Å². The number of fused-ring (bicyclic) bond motifs is 3. The molecule has 0 N–H and O–H groups in total. The van der Waals surface area contributed by atoms with Gasteiger partial charge in [-0.2, -0.15) is 5.10 Å². The second-order valence-corrected chi connectivity index (χ2v) is 9.02. The Morgan fingerprint density at radius 1 is 1.10 bits per heavy atom. The molecule has 1 amide bonds. The third-order valence-electron chi connectivity index (χ3n) is 6.87. The van der Waals surface area contributed by atoms with Crippen LogP contribution in [-0.4, -0.2) is 56.2 Å². The molecule has 0 radical (unpaired) electrons. The summed E-state index contributed by atoms with van der Waals surface area (Å²) in [5.74, 6) is 0.763. The van der Waals surface area contributed by atoms with Gasteiger partial charge in [0.2, 0.25) is 11.9 Å². The molecule has 0 saturated carbocycles. The Hall–Kier alpha value is -2.77. The van der Waals surface area contributed by atoms with E-state index in [4.69, 9.17) is 4.98 Å². The Bertz CT molecular complexity index is 1040. The van der Waals surface area contributed by atoms with Crippen molar-refractivity contribution >= 4 is 11.9 Å². The van der Waals surface area contributed by atoms with Crippen LogP contribution in [0.3, 0.4) is 0 Å². The maximum absolute atomic E-state index is 12.9. The molecule has 2 aromatic rings. The molecule has 8 heteroatoms. The minimum Gasteiger partial charge on any atom is -0.341 e. The van der Waals surface area contributed by atoms with Crippen LogP contribution >= 0.6 is 0 Å². The lowest BCUT2D eigenvalue weighted by Crippen LogP contribution is -2.45. The fraction of sp³-hybridized carbons (Fsp3) is 0.609. The Labute approximate surface area is 182 Å². The van der Waals surface area contributed by atoms with Crippen LogP contribution in [0.25, 0.3) is 11.3 Å². The molecule has 164 valence electrons. The van der Waals surface area contributed by atoms with E-state index in [1.165, 1.54) is 23.9 Å². The molecule has 1 aliphatic carbocycles. The van der Waals surface area contributed by atoms with Crippen LogP contribution in [0.5, 0.6) is 0 Å². The molecule has 1 unspecified atom stereocenters. The van der Waals surface area contributed by atoms with E-state index >= 15 is 0 Å². The number of nitrogens with zero attached hydrogens (tertiary/aromatic N) is 6. The molecule has 3 aliphatic rings. The number of carbonyl (C=O) groups excluding carboxylic acids is 1. The predicted octanol–water partition coefficient (Wildman–Crippen LogP) is 2.19. The number of aromatic nitrogens is 4. The summed E-state index contributed by atoms with van der Waals surface area (Å²) in [4.78, 5) is 39.1. The highest BCUT2D eigenvalue weighted by Gasteiger charge is 2.26. The standard InChI is InChI=1S/C23H30N6O2/c1-16-7-3-6-12-28(16)21(31)15-29-20(30)13-17-8-9-19-18(22(17)26-29)14-24-23(25-19)27-10-4-2-5-11-27/h13-14,16H,2-12,15H2,1H3. The summed E-state index contributed by atoms with van der Waals surface area (Å²) in [6.45, 7) is 4.83. The summed E-state index contributed by atoms with van der Waals surface area (Å²) in [5, 5.41) is 4.62. The third kappa shape index (κ3) is 3.95. The molecule has 5 rings (SSSR count). The highest BCUT2D eigenvalue weighted by molar-refractivity contribution is 5.76. The normalized spacial score (nSPS) is 20.9. The van der Waals surface area contributed by atoms with Gasteiger partial charge in [-0.3, -0.25) is 9.59 Å². The van der Waals surface area contributed by atoms with Gasteiger partial charge in [0, 0.05) is 43.5 Å². The van der Waals surface area contributed by atoms with Crippen LogP contribution in [0.15, 0.2) is 17.1 Å².